The minimum absolute atomic E-state index is 0.0551. The molecular weight excluding hydrogens is 381 g/mol. The molecule has 4 rings (SSSR count). The molecular formula is C19H22FN5O2S. The number of halogens is 1. The van der Waals surface area contributed by atoms with Gasteiger partial charge in [0.15, 0.2) is 5.69 Å². The second-order valence-electron chi connectivity index (χ2n) is 6.33. The van der Waals surface area contributed by atoms with Crippen molar-refractivity contribution in [3.8, 4) is 0 Å². The van der Waals surface area contributed by atoms with Gasteiger partial charge in [0.25, 0.3) is 5.91 Å². The Hall–Kier alpha value is -2.65. The molecule has 7 nitrogen and oxygen atoms in total. The lowest BCUT2D eigenvalue weighted by molar-refractivity contribution is 0.0789. The lowest BCUT2D eigenvalue weighted by Gasteiger charge is -2.17. The molecule has 1 amide bonds. The third kappa shape index (κ3) is 4.26. The third-order valence-corrected chi connectivity index (χ3v) is 5.38. The Morgan fingerprint density at radius 3 is 2.75 bits per heavy atom. The van der Waals surface area contributed by atoms with Gasteiger partial charge in [0, 0.05) is 26.4 Å². The average Bonchev–Trinajstić information content (AvgIpc) is 3.40. The highest BCUT2D eigenvalue weighted by Crippen LogP contribution is 2.27. The number of likely N-dealkylation sites (tertiary alicyclic amines) is 1. The fourth-order valence-corrected chi connectivity index (χ4v) is 3.90. The van der Waals surface area contributed by atoms with Crippen LogP contribution in [0.15, 0.2) is 29.9 Å². The predicted octanol–water partition coefficient (Wildman–Crippen LogP) is 3.24. The Kier molecular flexibility index (Phi) is 6.48. The summed E-state index contributed by atoms with van der Waals surface area (Å²) in [6.07, 6.45) is 4.81. The predicted molar refractivity (Wildman–Crippen MR) is 107 cm³/mol. The molecule has 1 saturated heterocycles. The van der Waals surface area contributed by atoms with Crippen LogP contribution in [0.2, 0.25) is 0 Å². The summed E-state index contributed by atoms with van der Waals surface area (Å²) < 4.78 is 14.2. The molecule has 3 aromatic heterocycles. The van der Waals surface area contributed by atoms with E-state index in [9.17, 15) is 9.18 Å². The average molecular weight is 403 g/mol. The Morgan fingerprint density at radius 1 is 1.29 bits per heavy atom. The summed E-state index contributed by atoms with van der Waals surface area (Å²) in [5.41, 5.74) is 1.85. The molecule has 1 aliphatic rings. The molecule has 3 aromatic rings. The number of nitrogens with zero attached hydrogens (tertiary/aromatic N) is 4. The molecule has 0 saturated carbocycles. The monoisotopic (exact) mass is 403 g/mol. The first-order valence-corrected chi connectivity index (χ1v) is 9.86. The molecule has 1 atom stereocenters. The van der Waals surface area contributed by atoms with Gasteiger partial charge in [-0.15, -0.1) is 11.3 Å². The second kappa shape index (κ2) is 9.03. The van der Waals surface area contributed by atoms with E-state index >= 15 is 0 Å². The zero-order valence-electron chi connectivity index (χ0n) is 15.7. The molecule has 0 spiro atoms. The van der Waals surface area contributed by atoms with Crippen LogP contribution in [0.5, 0.6) is 0 Å². The van der Waals surface area contributed by atoms with Crippen LogP contribution in [-0.4, -0.2) is 51.1 Å². The normalized spacial score (nSPS) is 14.5. The SMILES string of the molecule is CO.C[C@H](Nc1nc(C(=O)N2CCCC2)c2sccc2n1)c1cncc(F)c1. The quantitative estimate of drug-likeness (QED) is 0.695. The smallest absolute Gasteiger partial charge is 0.274 e. The van der Waals surface area contributed by atoms with Gasteiger partial charge in [-0.3, -0.25) is 9.78 Å². The topological polar surface area (TPSA) is 91.2 Å². The second-order valence-corrected chi connectivity index (χ2v) is 7.25. The van der Waals surface area contributed by atoms with Crippen LogP contribution in [0.1, 0.15) is 41.9 Å². The Labute approximate surface area is 166 Å². The van der Waals surface area contributed by atoms with E-state index in [4.69, 9.17) is 5.11 Å². The van der Waals surface area contributed by atoms with Gasteiger partial charge >= 0.3 is 0 Å². The van der Waals surface area contributed by atoms with Crippen molar-refractivity contribution in [2.75, 3.05) is 25.5 Å². The number of thiophene rings is 1. The highest BCUT2D eigenvalue weighted by molar-refractivity contribution is 7.17. The molecule has 2 N–H and O–H groups in total. The number of rotatable bonds is 4. The fourth-order valence-electron chi connectivity index (χ4n) is 3.09. The van der Waals surface area contributed by atoms with E-state index in [0.29, 0.717) is 17.2 Å². The van der Waals surface area contributed by atoms with Crippen molar-refractivity contribution >= 4 is 33.4 Å². The van der Waals surface area contributed by atoms with E-state index in [2.05, 4.69) is 20.3 Å². The number of aromatic nitrogens is 3. The van der Waals surface area contributed by atoms with Gasteiger partial charge in [-0.2, -0.15) is 0 Å². The molecule has 4 heterocycles. The van der Waals surface area contributed by atoms with Gasteiger partial charge in [-0.25, -0.2) is 14.4 Å². The van der Waals surface area contributed by atoms with Crippen molar-refractivity contribution in [2.24, 2.45) is 0 Å². The van der Waals surface area contributed by atoms with Crippen molar-refractivity contribution in [1.29, 1.82) is 0 Å². The van der Waals surface area contributed by atoms with Crippen LogP contribution in [0.4, 0.5) is 10.3 Å². The number of amides is 1. The van der Waals surface area contributed by atoms with Crippen molar-refractivity contribution in [3.05, 3.63) is 47.0 Å². The maximum Gasteiger partial charge on any atom is 0.274 e. The first kappa shape index (κ1) is 20.1. The van der Waals surface area contributed by atoms with Gasteiger partial charge in [0.1, 0.15) is 5.82 Å². The van der Waals surface area contributed by atoms with Gasteiger partial charge in [-0.05, 0) is 42.8 Å². The molecule has 9 heteroatoms. The van der Waals surface area contributed by atoms with Crippen LogP contribution in [0.3, 0.4) is 0 Å². The first-order valence-electron chi connectivity index (χ1n) is 8.98. The maximum absolute atomic E-state index is 13.4. The number of fused-ring (bicyclic) bond motifs is 1. The number of pyridine rings is 1. The lowest BCUT2D eigenvalue weighted by Crippen LogP contribution is -2.28. The van der Waals surface area contributed by atoms with Gasteiger partial charge < -0.3 is 15.3 Å². The summed E-state index contributed by atoms with van der Waals surface area (Å²) in [5, 5.41) is 12.1. The Morgan fingerprint density at radius 2 is 2.04 bits per heavy atom. The van der Waals surface area contributed by atoms with Crippen molar-refractivity contribution in [1.82, 2.24) is 19.9 Å². The third-order valence-electron chi connectivity index (χ3n) is 4.47. The van der Waals surface area contributed by atoms with E-state index in [0.717, 1.165) is 49.5 Å². The lowest BCUT2D eigenvalue weighted by atomic mass is 10.1. The summed E-state index contributed by atoms with van der Waals surface area (Å²) in [5.74, 6) is -0.0917. The summed E-state index contributed by atoms with van der Waals surface area (Å²) >= 11 is 1.47. The minimum atomic E-state index is -0.393. The molecule has 0 radical (unpaired) electrons. The zero-order valence-corrected chi connectivity index (χ0v) is 16.5. The minimum Gasteiger partial charge on any atom is -0.400 e. The summed E-state index contributed by atoms with van der Waals surface area (Å²) in [6, 6.07) is 3.05. The Balaban J connectivity index is 0.00000109. The molecule has 1 fully saturated rings. The molecule has 148 valence electrons. The van der Waals surface area contributed by atoms with Gasteiger partial charge in [0.05, 0.1) is 22.5 Å². The van der Waals surface area contributed by atoms with E-state index in [-0.39, 0.29) is 11.9 Å². The van der Waals surface area contributed by atoms with Crippen molar-refractivity contribution < 1.29 is 14.3 Å². The summed E-state index contributed by atoms with van der Waals surface area (Å²) in [7, 11) is 1.00. The number of nitrogens with one attached hydrogen (secondary N) is 1. The van der Waals surface area contributed by atoms with Crippen LogP contribution in [-0.2, 0) is 0 Å². The highest BCUT2D eigenvalue weighted by Gasteiger charge is 2.24. The molecule has 1 aliphatic heterocycles. The standard InChI is InChI=1S/C18H18FN5OS.CH4O/c1-11(12-8-13(19)10-20-9-12)21-18-22-14-4-7-26-16(14)15(23-18)17(25)24-5-2-3-6-24;1-2/h4,7-11H,2-3,5-6H2,1H3,(H,21,22,23);2H,1H3/t11-;/m0./s1. The number of anilines is 1. The molecule has 0 aromatic carbocycles. The number of carbonyl (C=O) groups excluding carboxylic acids is 1. The molecule has 0 bridgehead atoms. The number of aliphatic hydroxyl groups excluding tert-OH is 1. The number of carbonyl (C=O) groups is 1. The van der Waals surface area contributed by atoms with E-state index in [1.54, 1.807) is 6.20 Å². The van der Waals surface area contributed by atoms with E-state index < -0.39 is 5.82 Å². The van der Waals surface area contributed by atoms with Crippen LogP contribution in [0, 0.1) is 5.82 Å². The van der Waals surface area contributed by atoms with E-state index in [1.807, 2.05) is 23.3 Å². The number of aliphatic hydroxyl groups is 1. The van der Waals surface area contributed by atoms with Gasteiger partial charge in [0.2, 0.25) is 5.95 Å². The van der Waals surface area contributed by atoms with Crippen LogP contribution in [0.25, 0.3) is 10.2 Å². The Bertz CT molecular complexity index is 958. The molecule has 28 heavy (non-hydrogen) atoms. The van der Waals surface area contributed by atoms with E-state index in [1.165, 1.54) is 17.4 Å². The molecule has 0 unspecified atom stereocenters. The maximum atomic E-state index is 13.4. The fraction of sp³-hybridized carbons (Fsp3) is 0.368. The van der Waals surface area contributed by atoms with Crippen LogP contribution >= 0.6 is 11.3 Å². The zero-order chi connectivity index (χ0) is 20.1. The van der Waals surface area contributed by atoms with Gasteiger partial charge in [-0.1, -0.05) is 0 Å². The summed E-state index contributed by atoms with van der Waals surface area (Å²) in [6.45, 7) is 3.41. The van der Waals surface area contributed by atoms with Crippen LogP contribution < -0.4 is 5.32 Å². The number of hydrogen-bond donors (Lipinski definition) is 2. The van der Waals surface area contributed by atoms with Crippen molar-refractivity contribution in [3.63, 3.8) is 0 Å². The largest absolute Gasteiger partial charge is 0.400 e. The highest BCUT2D eigenvalue weighted by atomic mass is 32.1. The van der Waals surface area contributed by atoms with Crippen molar-refractivity contribution in [2.45, 2.75) is 25.8 Å². The first-order chi connectivity index (χ1) is 13.6. The number of hydrogen-bond acceptors (Lipinski definition) is 7. The summed E-state index contributed by atoms with van der Waals surface area (Å²) in [4.78, 5) is 27.6. The molecule has 0 aliphatic carbocycles.